The second-order valence-corrected chi connectivity index (χ2v) is 5.19. The van der Waals surface area contributed by atoms with Crippen LogP contribution >= 0.6 is 11.3 Å². The number of hydrogen-bond acceptors (Lipinski definition) is 6. The number of carbonyl (C=O) groups is 4. The topological polar surface area (TPSA) is 129 Å². The van der Waals surface area contributed by atoms with Gasteiger partial charge >= 0.3 is 12.0 Å². The molecule has 0 aliphatic carbocycles. The third kappa shape index (κ3) is 3.34. The Morgan fingerprint density at radius 3 is 2.81 bits per heavy atom. The minimum absolute atomic E-state index is 0.0924. The van der Waals surface area contributed by atoms with Crippen LogP contribution in [-0.2, 0) is 9.59 Å². The van der Waals surface area contributed by atoms with E-state index in [1.165, 1.54) is 5.38 Å². The predicted molar refractivity (Wildman–Crippen MR) is 70.7 cm³/mol. The maximum Gasteiger partial charge on any atom is 0.355 e. The first-order valence-corrected chi connectivity index (χ1v) is 6.82. The Labute approximate surface area is 123 Å². The molecule has 21 heavy (non-hydrogen) atoms. The number of carboxylic acids is 1. The van der Waals surface area contributed by atoms with Crippen LogP contribution in [0, 0.1) is 0 Å². The fourth-order valence-electron chi connectivity index (χ4n) is 1.69. The van der Waals surface area contributed by atoms with Crippen LogP contribution in [0.5, 0.6) is 0 Å². The third-order valence-electron chi connectivity index (χ3n) is 2.73. The largest absolute Gasteiger partial charge is 0.476 e. The van der Waals surface area contributed by atoms with Gasteiger partial charge in [0, 0.05) is 5.38 Å². The van der Waals surface area contributed by atoms with Crippen molar-refractivity contribution in [2.24, 2.45) is 0 Å². The van der Waals surface area contributed by atoms with Crippen molar-refractivity contribution in [3.63, 3.8) is 0 Å². The minimum Gasteiger partial charge on any atom is -0.476 e. The number of amides is 4. The molecule has 4 amide bonds. The van der Waals surface area contributed by atoms with E-state index < -0.39 is 29.9 Å². The summed E-state index contributed by atoms with van der Waals surface area (Å²) in [5.74, 6) is -2.14. The lowest BCUT2D eigenvalue weighted by Gasteiger charge is -2.15. The van der Waals surface area contributed by atoms with Gasteiger partial charge in [-0.15, -0.1) is 11.3 Å². The molecule has 9 nitrogen and oxygen atoms in total. The van der Waals surface area contributed by atoms with Crippen molar-refractivity contribution in [1.82, 2.24) is 20.5 Å². The maximum absolute atomic E-state index is 11.8. The maximum atomic E-state index is 11.8. The van der Waals surface area contributed by atoms with Gasteiger partial charge in [0.2, 0.25) is 5.91 Å². The second-order valence-electron chi connectivity index (χ2n) is 4.30. The summed E-state index contributed by atoms with van der Waals surface area (Å²) in [6, 6.07) is -1.12. The monoisotopic (exact) mass is 312 g/mol. The van der Waals surface area contributed by atoms with Gasteiger partial charge in [0.05, 0.1) is 12.6 Å². The average Bonchev–Trinajstić information content (AvgIpc) is 3.01. The highest BCUT2D eigenvalue weighted by molar-refractivity contribution is 7.09. The summed E-state index contributed by atoms with van der Waals surface area (Å²) in [6.45, 7) is 1.14. The molecular formula is C11H12N4O5S. The highest BCUT2D eigenvalue weighted by Gasteiger charge is 2.30. The molecule has 0 radical (unpaired) electrons. The number of urea groups is 1. The molecule has 1 aromatic heterocycles. The zero-order valence-electron chi connectivity index (χ0n) is 11.0. The molecule has 1 aliphatic heterocycles. The fourth-order valence-corrected chi connectivity index (χ4v) is 2.49. The SMILES string of the molecule is CC(NC(=O)CN1C(=O)CNC1=O)c1nc(C(=O)O)cs1. The van der Waals surface area contributed by atoms with Gasteiger partial charge in [-0.2, -0.15) is 0 Å². The summed E-state index contributed by atoms with van der Waals surface area (Å²) in [4.78, 5) is 49.8. The van der Waals surface area contributed by atoms with Crippen LogP contribution in [0.4, 0.5) is 4.79 Å². The third-order valence-corrected chi connectivity index (χ3v) is 3.76. The average molecular weight is 312 g/mol. The molecule has 0 bridgehead atoms. The molecule has 1 aliphatic rings. The number of carbonyl (C=O) groups excluding carboxylic acids is 3. The van der Waals surface area contributed by atoms with Crippen LogP contribution in [0.1, 0.15) is 28.5 Å². The summed E-state index contributed by atoms with van der Waals surface area (Å²) in [5, 5.41) is 15.4. The Hall–Kier alpha value is -2.49. The van der Waals surface area contributed by atoms with Crippen molar-refractivity contribution < 1.29 is 24.3 Å². The van der Waals surface area contributed by atoms with Gasteiger partial charge in [0.25, 0.3) is 5.91 Å². The summed E-state index contributed by atoms with van der Waals surface area (Å²) < 4.78 is 0. The molecule has 0 saturated carbocycles. The summed E-state index contributed by atoms with van der Waals surface area (Å²) in [7, 11) is 0. The number of carboxylic acid groups (broad SMARTS) is 1. The number of thiazole rings is 1. The van der Waals surface area contributed by atoms with E-state index in [9.17, 15) is 19.2 Å². The van der Waals surface area contributed by atoms with Crippen molar-refractivity contribution in [3.8, 4) is 0 Å². The van der Waals surface area contributed by atoms with Gasteiger partial charge in [0.15, 0.2) is 5.69 Å². The van der Waals surface area contributed by atoms with Crippen molar-refractivity contribution >= 4 is 35.2 Å². The van der Waals surface area contributed by atoms with Crippen LogP contribution < -0.4 is 10.6 Å². The Balaban J connectivity index is 1.94. The number of rotatable bonds is 5. The quantitative estimate of drug-likeness (QED) is 0.633. The van der Waals surface area contributed by atoms with Crippen LogP contribution in [0.2, 0.25) is 0 Å². The van der Waals surface area contributed by atoms with Crippen molar-refractivity contribution in [1.29, 1.82) is 0 Å². The van der Waals surface area contributed by atoms with E-state index in [0.717, 1.165) is 16.2 Å². The lowest BCUT2D eigenvalue weighted by atomic mass is 10.3. The Kier molecular flexibility index (Phi) is 4.17. The van der Waals surface area contributed by atoms with Gasteiger partial charge in [-0.1, -0.05) is 0 Å². The summed E-state index contributed by atoms with van der Waals surface area (Å²) >= 11 is 1.11. The molecule has 1 saturated heterocycles. The molecule has 1 aromatic rings. The zero-order valence-corrected chi connectivity index (χ0v) is 11.8. The highest BCUT2D eigenvalue weighted by Crippen LogP contribution is 2.17. The molecule has 10 heteroatoms. The Morgan fingerprint density at radius 1 is 1.57 bits per heavy atom. The van der Waals surface area contributed by atoms with Gasteiger partial charge in [-0.3, -0.25) is 14.5 Å². The van der Waals surface area contributed by atoms with Crippen LogP contribution in [0.3, 0.4) is 0 Å². The molecule has 0 spiro atoms. The van der Waals surface area contributed by atoms with E-state index in [-0.39, 0.29) is 18.8 Å². The number of nitrogens with zero attached hydrogens (tertiary/aromatic N) is 2. The Bertz CT molecular complexity index is 598. The highest BCUT2D eigenvalue weighted by atomic mass is 32.1. The lowest BCUT2D eigenvalue weighted by Crippen LogP contribution is -2.41. The molecule has 2 rings (SSSR count). The van der Waals surface area contributed by atoms with E-state index in [0.29, 0.717) is 5.01 Å². The smallest absolute Gasteiger partial charge is 0.355 e. The summed E-state index contributed by atoms with van der Waals surface area (Å²) in [5.41, 5.74) is -0.0924. The molecule has 3 N–H and O–H groups in total. The van der Waals surface area contributed by atoms with E-state index >= 15 is 0 Å². The van der Waals surface area contributed by atoms with E-state index in [1.54, 1.807) is 6.92 Å². The number of nitrogens with one attached hydrogen (secondary N) is 2. The van der Waals surface area contributed by atoms with Gasteiger partial charge in [-0.25, -0.2) is 14.6 Å². The molecule has 0 aromatic carbocycles. The Morgan fingerprint density at radius 2 is 2.29 bits per heavy atom. The molecule has 2 heterocycles. The fraction of sp³-hybridized carbons (Fsp3) is 0.364. The second kappa shape index (κ2) is 5.87. The van der Waals surface area contributed by atoms with Gasteiger partial charge < -0.3 is 15.7 Å². The lowest BCUT2D eigenvalue weighted by molar-refractivity contribution is -0.130. The number of aromatic carboxylic acids is 1. The molecule has 1 fully saturated rings. The van der Waals surface area contributed by atoms with Crippen molar-refractivity contribution in [2.75, 3.05) is 13.1 Å². The molecule has 1 atom stereocenters. The van der Waals surface area contributed by atoms with E-state index in [1.807, 2.05) is 0 Å². The number of hydrogen-bond donors (Lipinski definition) is 3. The van der Waals surface area contributed by atoms with Gasteiger partial charge in [0.1, 0.15) is 11.6 Å². The normalized spacial score (nSPS) is 15.8. The van der Waals surface area contributed by atoms with Crippen LogP contribution in [-0.4, -0.2) is 51.9 Å². The first-order valence-electron chi connectivity index (χ1n) is 5.94. The number of aromatic nitrogens is 1. The first kappa shape index (κ1) is 14.9. The van der Waals surface area contributed by atoms with Crippen molar-refractivity contribution in [2.45, 2.75) is 13.0 Å². The first-order chi connectivity index (χ1) is 9.88. The molecular weight excluding hydrogens is 300 g/mol. The zero-order chi connectivity index (χ0) is 15.6. The number of imide groups is 1. The van der Waals surface area contributed by atoms with Crippen LogP contribution in [0.25, 0.3) is 0 Å². The standard InChI is InChI=1S/C11H12N4O5S/c1-5(9-14-6(4-21-9)10(18)19)13-7(16)3-15-8(17)2-12-11(15)20/h4-5H,2-3H2,1H3,(H,12,20)(H,13,16)(H,18,19). The van der Waals surface area contributed by atoms with E-state index in [2.05, 4.69) is 15.6 Å². The van der Waals surface area contributed by atoms with Crippen molar-refractivity contribution in [3.05, 3.63) is 16.1 Å². The van der Waals surface area contributed by atoms with Gasteiger partial charge in [-0.05, 0) is 6.92 Å². The van der Waals surface area contributed by atoms with Crippen LogP contribution in [0.15, 0.2) is 5.38 Å². The summed E-state index contributed by atoms with van der Waals surface area (Å²) in [6.07, 6.45) is 0. The molecule has 112 valence electrons. The minimum atomic E-state index is -1.14. The molecule has 1 unspecified atom stereocenters. The predicted octanol–water partition coefficient (Wildman–Crippen LogP) is -0.430. The van der Waals surface area contributed by atoms with E-state index in [4.69, 9.17) is 5.11 Å².